The van der Waals surface area contributed by atoms with Gasteiger partial charge in [0.05, 0.1) is 23.2 Å². The molecule has 0 fully saturated rings. The van der Waals surface area contributed by atoms with Crippen LogP contribution in [0.2, 0.25) is 0 Å². The van der Waals surface area contributed by atoms with Gasteiger partial charge in [0.25, 0.3) is 0 Å². The number of halogens is 2. The van der Waals surface area contributed by atoms with Crippen LogP contribution in [-0.4, -0.2) is 23.0 Å². The normalized spacial score (nSPS) is 13.6. The fraction of sp³-hybridized carbons (Fsp3) is 0.333. The molecular formula is C18H21F2NO3S. The van der Waals surface area contributed by atoms with Gasteiger partial charge in [0.1, 0.15) is 17.4 Å². The molecule has 7 heteroatoms. The van der Waals surface area contributed by atoms with Crippen LogP contribution in [-0.2, 0) is 15.6 Å². The first-order valence-electron chi connectivity index (χ1n) is 7.93. The molecule has 2 N–H and O–H groups in total. The maximum atomic E-state index is 14.2. The highest BCUT2D eigenvalue weighted by Gasteiger charge is 2.24. The van der Waals surface area contributed by atoms with Crippen LogP contribution in [0.15, 0.2) is 47.4 Å². The van der Waals surface area contributed by atoms with Crippen LogP contribution in [0.25, 0.3) is 0 Å². The summed E-state index contributed by atoms with van der Waals surface area (Å²) in [6, 6.07) is 9.11. The Hall–Kier alpha value is -1.83. The number of phenolic OH excluding ortho intramolecular Hbond substituents is 1. The molecule has 25 heavy (non-hydrogen) atoms. The lowest BCUT2D eigenvalue weighted by atomic mass is 10.1. The molecular weight excluding hydrogens is 348 g/mol. The highest BCUT2D eigenvalue weighted by Crippen LogP contribution is 2.32. The molecule has 136 valence electrons. The molecule has 4 nitrogen and oxygen atoms in total. The van der Waals surface area contributed by atoms with E-state index in [2.05, 4.69) is 5.48 Å². The van der Waals surface area contributed by atoms with E-state index < -0.39 is 27.7 Å². The molecule has 2 atom stereocenters. The van der Waals surface area contributed by atoms with E-state index in [0.717, 1.165) is 24.6 Å². The fourth-order valence-corrected chi connectivity index (χ4v) is 4.04. The number of phenols is 1. The van der Waals surface area contributed by atoms with Crippen LogP contribution >= 0.6 is 0 Å². The molecule has 0 saturated carbocycles. The lowest BCUT2D eigenvalue weighted by molar-refractivity contribution is 0.0905. The zero-order chi connectivity index (χ0) is 18.2. The second-order valence-electron chi connectivity index (χ2n) is 5.54. The van der Waals surface area contributed by atoms with Gasteiger partial charge in [-0.05, 0) is 55.3 Å². The summed E-state index contributed by atoms with van der Waals surface area (Å²) < 4.78 is 40.7. The summed E-state index contributed by atoms with van der Waals surface area (Å²) in [6.07, 6.45) is 1.84. The van der Waals surface area contributed by atoms with Crippen molar-refractivity contribution in [3.05, 3.63) is 59.7 Å². The van der Waals surface area contributed by atoms with E-state index in [0.29, 0.717) is 24.3 Å². The van der Waals surface area contributed by atoms with Gasteiger partial charge < -0.3 is 9.94 Å². The number of unbranched alkanes of at least 4 members (excludes halogenated alkanes) is 1. The molecule has 2 aromatic carbocycles. The molecule has 2 unspecified atom stereocenters. The third-order valence-corrected chi connectivity index (χ3v) is 5.52. The summed E-state index contributed by atoms with van der Waals surface area (Å²) >= 11 is 0. The molecule has 0 spiro atoms. The Morgan fingerprint density at radius 3 is 2.56 bits per heavy atom. The number of nitrogens with one attached hydrogen (secondary N) is 1. The van der Waals surface area contributed by atoms with Crippen molar-refractivity contribution in [2.75, 3.05) is 13.7 Å². The van der Waals surface area contributed by atoms with Crippen molar-refractivity contribution in [1.29, 1.82) is 0 Å². The van der Waals surface area contributed by atoms with Crippen LogP contribution in [0.3, 0.4) is 0 Å². The SMILES string of the molecule is CONCCCCC(c1cc(F)ccc1F)S(=O)c1ccc(O)cc1. The molecule has 0 amide bonds. The van der Waals surface area contributed by atoms with Crippen LogP contribution < -0.4 is 5.48 Å². The Kier molecular flexibility index (Phi) is 7.49. The van der Waals surface area contributed by atoms with Crippen molar-refractivity contribution < 1.29 is 22.9 Å². The number of hydrogen-bond donors (Lipinski definition) is 2. The van der Waals surface area contributed by atoms with E-state index in [4.69, 9.17) is 4.84 Å². The van der Waals surface area contributed by atoms with Crippen LogP contribution in [0, 0.1) is 11.6 Å². The molecule has 0 aliphatic heterocycles. The summed E-state index contributed by atoms with van der Waals surface area (Å²) in [5, 5.41) is 8.69. The summed E-state index contributed by atoms with van der Waals surface area (Å²) in [5.41, 5.74) is 2.81. The molecule has 0 aromatic heterocycles. The lowest BCUT2D eigenvalue weighted by Gasteiger charge is -2.18. The zero-order valence-electron chi connectivity index (χ0n) is 13.9. The third-order valence-electron chi connectivity index (χ3n) is 3.77. The van der Waals surface area contributed by atoms with E-state index >= 15 is 0 Å². The number of rotatable bonds is 9. The highest BCUT2D eigenvalue weighted by atomic mass is 32.2. The van der Waals surface area contributed by atoms with Gasteiger partial charge in [0.2, 0.25) is 0 Å². The van der Waals surface area contributed by atoms with Crippen molar-refractivity contribution in [1.82, 2.24) is 5.48 Å². The Labute approximate surface area is 148 Å². The van der Waals surface area contributed by atoms with Gasteiger partial charge in [-0.1, -0.05) is 6.42 Å². The van der Waals surface area contributed by atoms with Crippen molar-refractivity contribution in [3.8, 4) is 5.75 Å². The van der Waals surface area contributed by atoms with Gasteiger partial charge in [0.15, 0.2) is 0 Å². The first-order valence-corrected chi connectivity index (χ1v) is 9.14. The monoisotopic (exact) mass is 369 g/mol. The van der Waals surface area contributed by atoms with Crippen LogP contribution in [0.1, 0.15) is 30.1 Å². The van der Waals surface area contributed by atoms with Crippen LogP contribution in [0.4, 0.5) is 8.78 Å². The van der Waals surface area contributed by atoms with Gasteiger partial charge in [-0.2, -0.15) is 0 Å². The van der Waals surface area contributed by atoms with Gasteiger partial charge in [0, 0.05) is 17.0 Å². The quantitative estimate of drug-likeness (QED) is 0.521. The highest BCUT2D eigenvalue weighted by molar-refractivity contribution is 7.85. The fourth-order valence-electron chi connectivity index (χ4n) is 2.51. The van der Waals surface area contributed by atoms with Crippen molar-refractivity contribution in [2.24, 2.45) is 0 Å². The van der Waals surface area contributed by atoms with Crippen molar-refractivity contribution in [3.63, 3.8) is 0 Å². The Morgan fingerprint density at radius 1 is 1.16 bits per heavy atom. The average Bonchev–Trinajstić information content (AvgIpc) is 2.61. The van der Waals surface area contributed by atoms with Gasteiger partial charge in [-0.25, -0.2) is 14.3 Å². The molecule has 0 aliphatic carbocycles. The zero-order valence-corrected chi connectivity index (χ0v) is 14.7. The second kappa shape index (κ2) is 9.60. The van der Waals surface area contributed by atoms with E-state index in [1.165, 1.54) is 31.4 Å². The van der Waals surface area contributed by atoms with Gasteiger partial charge in [-0.3, -0.25) is 4.21 Å². The minimum absolute atomic E-state index is 0.0554. The molecule has 2 aromatic rings. The van der Waals surface area contributed by atoms with E-state index in [1.54, 1.807) is 0 Å². The van der Waals surface area contributed by atoms with E-state index in [-0.39, 0.29) is 11.3 Å². The topological polar surface area (TPSA) is 58.6 Å². The number of aromatic hydroxyl groups is 1. The summed E-state index contributed by atoms with van der Waals surface area (Å²) in [5.74, 6) is -1.08. The van der Waals surface area contributed by atoms with E-state index in [9.17, 15) is 18.1 Å². The average molecular weight is 369 g/mol. The first-order chi connectivity index (χ1) is 12.0. The standard InChI is InChI=1S/C18H21F2NO3S/c1-24-21-11-3-2-4-18(16-12-13(19)5-10-17(16)20)25(23)15-8-6-14(22)7-9-15/h5-10,12,18,21-22H,2-4,11H2,1H3. The Bertz CT molecular complexity index is 710. The minimum Gasteiger partial charge on any atom is -0.508 e. The predicted octanol–water partition coefficient (Wildman–Crippen LogP) is 3.84. The van der Waals surface area contributed by atoms with Crippen molar-refractivity contribution >= 4 is 10.8 Å². The van der Waals surface area contributed by atoms with Crippen LogP contribution in [0.5, 0.6) is 5.75 Å². The molecule has 0 saturated heterocycles. The molecule has 0 heterocycles. The molecule has 0 aliphatic rings. The summed E-state index contributed by atoms with van der Waals surface area (Å²) in [6.45, 7) is 0.612. The maximum Gasteiger partial charge on any atom is 0.127 e. The first kappa shape index (κ1) is 19.5. The van der Waals surface area contributed by atoms with Crippen molar-refractivity contribution in [2.45, 2.75) is 29.4 Å². The molecule has 0 bridgehead atoms. The molecule has 0 radical (unpaired) electrons. The third kappa shape index (κ3) is 5.59. The smallest absolute Gasteiger partial charge is 0.127 e. The predicted molar refractivity (Wildman–Crippen MR) is 92.5 cm³/mol. The number of hydrogen-bond acceptors (Lipinski definition) is 4. The van der Waals surface area contributed by atoms with Gasteiger partial charge >= 0.3 is 0 Å². The molecule has 2 rings (SSSR count). The summed E-state index contributed by atoms with van der Waals surface area (Å²) in [4.78, 5) is 5.21. The van der Waals surface area contributed by atoms with Gasteiger partial charge in [-0.15, -0.1) is 0 Å². The Morgan fingerprint density at radius 2 is 1.88 bits per heavy atom. The summed E-state index contributed by atoms with van der Waals surface area (Å²) in [7, 11) is -0.0570. The maximum absolute atomic E-state index is 14.2. The van der Waals surface area contributed by atoms with E-state index in [1.807, 2.05) is 0 Å². The minimum atomic E-state index is -1.58. The lowest BCUT2D eigenvalue weighted by Crippen LogP contribution is -2.14. The largest absolute Gasteiger partial charge is 0.508 e. The second-order valence-corrected chi connectivity index (χ2v) is 7.18. The number of hydroxylamine groups is 1. The number of benzene rings is 2. The Balaban J connectivity index is 2.23.